The number of hydrogen-bond acceptors (Lipinski definition) is 6. The maximum absolute atomic E-state index is 14.2. The molecule has 6 rings (SSSR count). The molecule has 0 radical (unpaired) electrons. The Hall–Kier alpha value is -4.43. The van der Waals surface area contributed by atoms with Gasteiger partial charge in [0.2, 0.25) is 0 Å². The maximum atomic E-state index is 14.2. The molecule has 2 aromatic heterocycles. The molecule has 1 N–H and O–H groups in total. The summed E-state index contributed by atoms with van der Waals surface area (Å²) in [5.41, 5.74) is 4.28. The molecule has 3 aromatic carbocycles. The molecule has 1 aliphatic rings. The lowest BCUT2D eigenvalue weighted by Gasteiger charge is -2.27. The summed E-state index contributed by atoms with van der Waals surface area (Å²) in [4.78, 5) is 36.2. The van der Waals surface area contributed by atoms with Gasteiger partial charge >= 0.3 is 5.97 Å². The number of benzene rings is 3. The lowest BCUT2D eigenvalue weighted by molar-refractivity contribution is -0.139. The van der Waals surface area contributed by atoms with Crippen LogP contribution >= 0.6 is 11.3 Å². The van der Waals surface area contributed by atoms with Gasteiger partial charge < -0.3 is 14.5 Å². The van der Waals surface area contributed by atoms with Crippen LogP contribution in [-0.2, 0) is 9.53 Å². The predicted octanol–water partition coefficient (Wildman–Crippen LogP) is 4.75. The fourth-order valence-electron chi connectivity index (χ4n) is 5.42. The average molecular weight is 538 g/mol. The van der Waals surface area contributed by atoms with Crippen molar-refractivity contribution in [2.75, 3.05) is 13.7 Å². The van der Waals surface area contributed by atoms with E-state index in [-0.39, 0.29) is 12.2 Å². The summed E-state index contributed by atoms with van der Waals surface area (Å²) in [6.07, 6.45) is 1.92. The van der Waals surface area contributed by atoms with Gasteiger partial charge in [-0.3, -0.25) is 9.36 Å². The van der Waals surface area contributed by atoms with Crippen LogP contribution in [0.25, 0.3) is 27.8 Å². The highest BCUT2D eigenvalue weighted by Crippen LogP contribution is 2.40. The average Bonchev–Trinajstić information content (AvgIpc) is 3.42. The summed E-state index contributed by atoms with van der Waals surface area (Å²) in [5, 5.41) is 2.90. The molecule has 39 heavy (non-hydrogen) atoms. The van der Waals surface area contributed by atoms with Crippen LogP contribution in [0.3, 0.4) is 0 Å². The molecule has 0 spiro atoms. The van der Waals surface area contributed by atoms with Gasteiger partial charge in [0, 0.05) is 27.7 Å². The van der Waals surface area contributed by atoms with E-state index in [4.69, 9.17) is 14.5 Å². The summed E-state index contributed by atoms with van der Waals surface area (Å²) in [6.45, 7) is 5.76. The number of allylic oxidation sites excluding steroid dienone is 1. The monoisotopic (exact) mass is 537 g/mol. The fraction of sp³-hybridized carbons (Fsp3) is 0.194. The molecular formula is C31H27N3O4S. The molecule has 0 unspecified atom stereocenters. The van der Waals surface area contributed by atoms with E-state index >= 15 is 0 Å². The summed E-state index contributed by atoms with van der Waals surface area (Å²) >= 11 is 1.31. The van der Waals surface area contributed by atoms with E-state index in [0.717, 1.165) is 38.5 Å². The topological polar surface area (TPSA) is 85.7 Å². The number of aromatic nitrogens is 2. The maximum Gasteiger partial charge on any atom is 0.338 e. The minimum Gasteiger partial charge on any atom is -0.496 e. The first-order valence-electron chi connectivity index (χ1n) is 12.8. The molecule has 1 atom stereocenters. The molecule has 7 nitrogen and oxygen atoms in total. The molecule has 0 amide bonds. The van der Waals surface area contributed by atoms with Crippen molar-refractivity contribution < 1.29 is 14.3 Å². The number of ether oxygens (including phenoxy) is 2. The molecular weight excluding hydrogens is 510 g/mol. The van der Waals surface area contributed by atoms with Gasteiger partial charge in [-0.15, -0.1) is 0 Å². The normalized spacial score (nSPS) is 15.5. The van der Waals surface area contributed by atoms with Crippen molar-refractivity contribution in [1.82, 2.24) is 9.55 Å². The number of aromatic amines is 1. The molecule has 5 aromatic rings. The molecule has 0 saturated heterocycles. The Bertz CT molecular complexity index is 1990. The number of hydrogen-bond donors (Lipinski definition) is 1. The number of nitrogens with zero attached hydrogens (tertiary/aromatic N) is 2. The van der Waals surface area contributed by atoms with E-state index in [0.29, 0.717) is 26.4 Å². The summed E-state index contributed by atoms with van der Waals surface area (Å²) in [6, 6.07) is 19.0. The third kappa shape index (κ3) is 3.99. The third-order valence-electron chi connectivity index (χ3n) is 7.16. The van der Waals surface area contributed by atoms with E-state index in [1.54, 1.807) is 25.5 Å². The Morgan fingerprint density at radius 2 is 1.82 bits per heavy atom. The minimum absolute atomic E-state index is 0.208. The number of H-pyrrole nitrogens is 1. The first-order chi connectivity index (χ1) is 18.9. The van der Waals surface area contributed by atoms with Crippen LogP contribution in [-0.4, -0.2) is 29.2 Å². The van der Waals surface area contributed by atoms with E-state index in [2.05, 4.69) is 4.98 Å². The standard InChI is InChI=1S/C31H27N3O4S/c1-5-38-30(36)26-18(3)33-31-34(28(26)27-20-11-7-6-10-19(20)14-15-24(27)37-4)29(35)25(39-31)16-22-17(2)32-23-13-9-8-12-21(22)23/h6-16,28,32H,5H2,1-4H3/b25-16-/t28-/m1/s1. The van der Waals surface area contributed by atoms with Gasteiger partial charge in [-0.1, -0.05) is 59.9 Å². The zero-order chi connectivity index (χ0) is 27.3. The van der Waals surface area contributed by atoms with Gasteiger partial charge in [-0.2, -0.15) is 0 Å². The van der Waals surface area contributed by atoms with Gasteiger partial charge in [0.1, 0.15) is 11.8 Å². The van der Waals surface area contributed by atoms with Gasteiger partial charge in [0.15, 0.2) is 4.80 Å². The second-order valence-corrected chi connectivity index (χ2v) is 10.4. The van der Waals surface area contributed by atoms with Crippen LogP contribution in [0, 0.1) is 6.92 Å². The Balaban J connectivity index is 1.68. The highest BCUT2D eigenvalue weighted by Gasteiger charge is 2.36. The lowest BCUT2D eigenvalue weighted by atomic mass is 9.90. The van der Waals surface area contributed by atoms with Crippen molar-refractivity contribution >= 4 is 45.1 Å². The molecule has 0 fully saturated rings. The van der Waals surface area contributed by atoms with Crippen molar-refractivity contribution in [2.24, 2.45) is 4.99 Å². The second-order valence-electron chi connectivity index (χ2n) is 9.41. The Morgan fingerprint density at radius 3 is 2.59 bits per heavy atom. The Labute approximate surface area is 228 Å². The number of carbonyl (C=O) groups is 1. The van der Waals surface area contributed by atoms with Crippen LogP contribution in [0.5, 0.6) is 5.75 Å². The van der Waals surface area contributed by atoms with Crippen LogP contribution in [0.2, 0.25) is 0 Å². The van der Waals surface area contributed by atoms with E-state index < -0.39 is 12.0 Å². The first kappa shape index (κ1) is 24.9. The number of carbonyl (C=O) groups excluding carboxylic acids is 1. The molecule has 3 heterocycles. The first-order valence-corrected chi connectivity index (χ1v) is 13.6. The molecule has 0 bridgehead atoms. The summed E-state index contributed by atoms with van der Waals surface area (Å²) < 4.78 is 13.4. The van der Waals surface area contributed by atoms with Crippen LogP contribution in [0.15, 0.2) is 81.7 Å². The number of methoxy groups -OCH3 is 1. The molecule has 1 aliphatic heterocycles. The highest BCUT2D eigenvalue weighted by atomic mass is 32.1. The van der Waals surface area contributed by atoms with Crippen molar-refractivity contribution in [3.8, 4) is 5.75 Å². The van der Waals surface area contributed by atoms with Crippen molar-refractivity contribution in [3.63, 3.8) is 0 Å². The number of nitrogens with one attached hydrogen (secondary N) is 1. The summed E-state index contributed by atoms with van der Waals surface area (Å²) in [7, 11) is 1.59. The van der Waals surface area contributed by atoms with Gasteiger partial charge in [0.05, 0.1) is 29.5 Å². The fourth-order valence-corrected chi connectivity index (χ4v) is 6.44. The van der Waals surface area contributed by atoms with Crippen molar-refractivity contribution in [3.05, 3.63) is 108 Å². The number of fused-ring (bicyclic) bond motifs is 3. The zero-order valence-corrected chi connectivity index (χ0v) is 22.9. The SMILES string of the molecule is CCOC(=O)C1=C(C)N=c2s/c(=C\c3c(C)[nH]c4ccccc34)c(=O)n2[C@H]1c1c(OC)ccc2ccccc12. The second kappa shape index (κ2) is 9.71. The molecule has 8 heteroatoms. The van der Waals surface area contributed by atoms with E-state index in [1.807, 2.05) is 73.7 Å². The number of thiazole rings is 1. The number of aryl methyl sites for hydroxylation is 1. The minimum atomic E-state index is -0.771. The van der Waals surface area contributed by atoms with Crippen molar-refractivity contribution in [1.29, 1.82) is 0 Å². The van der Waals surface area contributed by atoms with Crippen LogP contribution < -0.4 is 19.6 Å². The largest absolute Gasteiger partial charge is 0.496 e. The Morgan fingerprint density at radius 1 is 1.08 bits per heavy atom. The number of para-hydroxylation sites is 1. The quantitative estimate of drug-likeness (QED) is 0.328. The number of rotatable bonds is 5. The Kier molecular flexibility index (Phi) is 6.19. The van der Waals surface area contributed by atoms with Gasteiger partial charge in [-0.05, 0) is 49.8 Å². The van der Waals surface area contributed by atoms with Crippen LogP contribution in [0.1, 0.15) is 36.7 Å². The van der Waals surface area contributed by atoms with E-state index in [9.17, 15) is 9.59 Å². The number of esters is 1. The smallest absolute Gasteiger partial charge is 0.338 e. The third-order valence-corrected chi connectivity index (χ3v) is 8.14. The molecule has 0 aliphatic carbocycles. The molecule has 196 valence electrons. The zero-order valence-electron chi connectivity index (χ0n) is 22.1. The van der Waals surface area contributed by atoms with Gasteiger partial charge in [0.25, 0.3) is 5.56 Å². The van der Waals surface area contributed by atoms with Crippen molar-refractivity contribution in [2.45, 2.75) is 26.8 Å². The predicted molar refractivity (Wildman–Crippen MR) is 154 cm³/mol. The van der Waals surface area contributed by atoms with E-state index in [1.165, 1.54) is 11.3 Å². The van der Waals surface area contributed by atoms with Gasteiger partial charge in [-0.25, -0.2) is 9.79 Å². The highest BCUT2D eigenvalue weighted by molar-refractivity contribution is 7.07. The summed E-state index contributed by atoms with van der Waals surface area (Å²) in [5.74, 6) is 0.0812. The molecule has 0 saturated carbocycles. The van der Waals surface area contributed by atoms with Crippen LogP contribution in [0.4, 0.5) is 0 Å². The lowest BCUT2D eigenvalue weighted by Crippen LogP contribution is -2.40.